The van der Waals surface area contributed by atoms with Crippen LogP contribution in [0.3, 0.4) is 0 Å². The number of hydrogen-bond donors (Lipinski definition) is 0. The molecular formula is C10H16N2O. The number of aliphatic imine (C=N–C) groups is 1. The van der Waals surface area contributed by atoms with Crippen molar-refractivity contribution in [1.29, 1.82) is 0 Å². The van der Waals surface area contributed by atoms with Crippen LogP contribution in [0.2, 0.25) is 0 Å². The van der Waals surface area contributed by atoms with Gasteiger partial charge in [0.15, 0.2) is 0 Å². The van der Waals surface area contributed by atoms with E-state index < -0.39 is 0 Å². The first-order valence-electron chi connectivity index (χ1n) is 4.98. The Balaban J connectivity index is 2.17. The molecule has 0 N–H and O–H groups in total. The molecule has 1 amide bonds. The summed E-state index contributed by atoms with van der Waals surface area (Å²) in [4.78, 5) is 17.8. The number of carbonyl (C=O) groups is 1. The van der Waals surface area contributed by atoms with Crippen LogP contribution in [0.4, 0.5) is 0 Å². The molecule has 1 fully saturated rings. The summed E-state index contributed by atoms with van der Waals surface area (Å²) in [7, 11) is 1.79. The second-order valence-corrected chi connectivity index (χ2v) is 4.31. The molecule has 1 aliphatic heterocycles. The normalized spacial score (nSPS) is 39.1. The predicted octanol–water partition coefficient (Wildman–Crippen LogP) is 1.29. The first-order valence-corrected chi connectivity index (χ1v) is 4.98. The molecule has 2 rings (SSSR count). The minimum Gasteiger partial charge on any atom is -0.306 e. The smallest absolute Gasteiger partial charge is 0.232 e. The third kappa shape index (κ3) is 1.47. The molecule has 0 saturated heterocycles. The van der Waals surface area contributed by atoms with E-state index >= 15 is 0 Å². The van der Waals surface area contributed by atoms with Gasteiger partial charge in [0, 0.05) is 7.05 Å². The highest BCUT2D eigenvalue weighted by Gasteiger charge is 2.36. The largest absolute Gasteiger partial charge is 0.306 e. The Bertz CT molecular complexity index is 249. The van der Waals surface area contributed by atoms with E-state index in [9.17, 15) is 4.79 Å². The monoisotopic (exact) mass is 180 g/mol. The number of rotatable bonds is 0. The molecule has 1 saturated carbocycles. The number of amides is 1. The fourth-order valence-corrected chi connectivity index (χ4v) is 2.31. The number of fused-ring (bicyclic) bond motifs is 1. The van der Waals surface area contributed by atoms with Crippen molar-refractivity contribution in [2.75, 3.05) is 7.05 Å². The summed E-state index contributed by atoms with van der Waals surface area (Å²) < 4.78 is 0. The molecule has 1 aliphatic carbocycles. The lowest BCUT2D eigenvalue weighted by Gasteiger charge is -2.36. The highest BCUT2D eigenvalue weighted by Crippen LogP contribution is 2.33. The van der Waals surface area contributed by atoms with Crippen molar-refractivity contribution in [1.82, 2.24) is 4.90 Å². The zero-order valence-corrected chi connectivity index (χ0v) is 8.23. The first-order chi connectivity index (χ1) is 6.18. The Morgan fingerprint density at radius 2 is 2.31 bits per heavy atom. The van der Waals surface area contributed by atoms with Crippen LogP contribution in [-0.4, -0.2) is 30.2 Å². The lowest BCUT2D eigenvalue weighted by molar-refractivity contribution is -0.133. The number of carbonyl (C=O) groups excluding carboxylic acids is 1. The molecule has 1 heterocycles. The van der Waals surface area contributed by atoms with Gasteiger partial charge in [-0.25, -0.2) is 0 Å². The van der Waals surface area contributed by atoms with E-state index in [4.69, 9.17) is 0 Å². The highest BCUT2D eigenvalue weighted by atomic mass is 16.2. The van der Waals surface area contributed by atoms with E-state index in [1.54, 1.807) is 18.3 Å². The molecular weight excluding hydrogens is 164 g/mol. The maximum Gasteiger partial charge on any atom is 0.232 e. The zero-order valence-electron chi connectivity index (χ0n) is 8.23. The van der Waals surface area contributed by atoms with E-state index in [0.717, 1.165) is 12.8 Å². The summed E-state index contributed by atoms with van der Waals surface area (Å²) in [5, 5.41) is 0. The van der Waals surface area contributed by atoms with Crippen molar-refractivity contribution in [3.8, 4) is 0 Å². The van der Waals surface area contributed by atoms with Gasteiger partial charge < -0.3 is 4.90 Å². The Morgan fingerprint density at radius 3 is 3.08 bits per heavy atom. The van der Waals surface area contributed by atoms with E-state index in [1.165, 1.54) is 6.42 Å². The minimum absolute atomic E-state index is 0.166. The molecule has 13 heavy (non-hydrogen) atoms. The Labute approximate surface area is 78.8 Å². The summed E-state index contributed by atoms with van der Waals surface area (Å²) in [6.45, 7) is 2.22. The fourth-order valence-electron chi connectivity index (χ4n) is 2.31. The Kier molecular flexibility index (Phi) is 2.10. The SMILES string of the molecule is CC1CCC2N=CN(C)C(=O)C2C1. The van der Waals surface area contributed by atoms with E-state index in [2.05, 4.69) is 11.9 Å². The fraction of sp³-hybridized carbons (Fsp3) is 0.800. The number of nitrogens with zero attached hydrogens (tertiary/aromatic N) is 2. The van der Waals surface area contributed by atoms with Gasteiger partial charge in [0.05, 0.1) is 18.3 Å². The quantitative estimate of drug-likeness (QED) is 0.553. The third-order valence-electron chi connectivity index (χ3n) is 3.17. The predicted molar refractivity (Wildman–Crippen MR) is 51.6 cm³/mol. The number of hydrogen-bond acceptors (Lipinski definition) is 2. The summed E-state index contributed by atoms with van der Waals surface area (Å²) in [6, 6.07) is 0.278. The van der Waals surface area contributed by atoms with Gasteiger partial charge in [-0.15, -0.1) is 0 Å². The van der Waals surface area contributed by atoms with Crippen molar-refractivity contribution < 1.29 is 4.79 Å². The maximum atomic E-state index is 11.7. The second kappa shape index (κ2) is 3.13. The lowest BCUT2D eigenvalue weighted by Crippen LogP contribution is -2.44. The topological polar surface area (TPSA) is 32.7 Å². The molecule has 0 aromatic heterocycles. The molecule has 0 aromatic carbocycles. The molecule has 2 aliphatic rings. The molecule has 0 aromatic rings. The van der Waals surface area contributed by atoms with Crippen molar-refractivity contribution in [2.24, 2.45) is 16.8 Å². The van der Waals surface area contributed by atoms with Gasteiger partial charge in [0.2, 0.25) is 5.91 Å². The Hall–Kier alpha value is -0.860. The van der Waals surface area contributed by atoms with Crippen LogP contribution < -0.4 is 0 Å². The van der Waals surface area contributed by atoms with Gasteiger partial charge in [-0.05, 0) is 25.2 Å². The lowest BCUT2D eigenvalue weighted by atomic mass is 9.78. The Morgan fingerprint density at radius 1 is 1.54 bits per heavy atom. The van der Waals surface area contributed by atoms with Crippen LogP contribution in [0.15, 0.2) is 4.99 Å². The van der Waals surface area contributed by atoms with Crippen molar-refractivity contribution in [3.05, 3.63) is 0 Å². The van der Waals surface area contributed by atoms with Crippen molar-refractivity contribution in [2.45, 2.75) is 32.2 Å². The third-order valence-corrected chi connectivity index (χ3v) is 3.17. The van der Waals surface area contributed by atoms with Gasteiger partial charge in [-0.3, -0.25) is 9.79 Å². The van der Waals surface area contributed by atoms with Gasteiger partial charge >= 0.3 is 0 Å². The molecule has 3 unspecified atom stereocenters. The summed E-state index contributed by atoms with van der Waals surface area (Å²) in [6.07, 6.45) is 5.00. The van der Waals surface area contributed by atoms with Crippen molar-refractivity contribution >= 4 is 12.2 Å². The molecule has 3 heteroatoms. The molecule has 3 nitrogen and oxygen atoms in total. The highest BCUT2D eigenvalue weighted by molar-refractivity contribution is 5.91. The van der Waals surface area contributed by atoms with E-state index in [1.807, 2.05) is 0 Å². The minimum atomic E-state index is 0.166. The van der Waals surface area contributed by atoms with E-state index in [-0.39, 0.29) is 17.9 Å². The van der Waals surface area contributed by atoms with Gasteiger partial charge in [0.25, 0.3) is 0 Å². The molecule has 0 radical (unpaired) electrons. The average Bonchev–Trinajstić information content (AvgIpc) is 2.12. The summed E-state index contributed by atoms with van der Waals surface area (Å²) in [5.74, 6) is 1.11. The zero-order chi connectivity index (χ0) is 9.42. The van der Waals surface area contributed by atoms with Crippen LogP contribution in [0.25, 0.3) is 0 Å². The van der Waals surface area contributed by atoms with E-state index in [0.29, 0.717) is 5.92 Å². The molecule has 0 spiro atoms. The van der Waals surface area contributed by atoms with Crippen LogP contribution in [0.1, 0.15) is 26.2 Å². The first kappa shape index (κ1) is 8.73. The van der Waals surface area contributed by atoms with Crippen LogP contribution in [0.5, 0.6) is 0 Å². The van der Waals surface area contributed by atoms with Crippen molar-refractivity contribution in [3.63, 3.8) is 0 Å². The van der Waals surface area contributed by atoms with Crippen LogP contribution in [0, 0.1) is 11.8 Å². The molecule has 0 bridgehead atoms. The van der Waals surface area contributed by atoms with Crippen LogP contribution in [-0.2, 0) is 4.79 Å². The standard InChI is InChI=1S/C10H16N2O/c1-7-3-4-9-8(5-7)10(13)12(2)6-11-9/h6-9H,3-5H2,1-2H3. The maximum absolute atomic E-state index is 11.7. The summed E-state index contributed by atoms with van der Waals surface area (Å²) >= 11 is 0. The van der Waals surface area contributed by atoms with Crippen LogP contribution >= 0.6 is 0 Å². The van der Waals surface area contributed by atoms with Gasteiger partial charge in [0.1, 0.15) is 0 Å². The second-order valence-electron chi connectivity index (χ2n) is 4.31. The summed E-state index contributed by atoms with van der Waals surface area (Å²) in [5.41, 5.74) is 0. The average molecular weight is 180 g/mol. The molecule has 72 valence electrons. The van der Waals surface area contributed by atoms with Gasteiger partial charge in [-0.1, -0.05) is 6.92 Å². The van der Waals surface area contributed by atoms with Gasteiger partial charge in [-0.2, -0.15) is 0 Å². The molecule has 3 atom stereocenters.